The molecular weight excluding hydrogens is 334 g/mol. The van der Waals surface area contributed by atoms with Crippen molar-refractivity contribution in [3.8, 4) is 5.69 Å². The number of nitrogens with zero attached hydrogens (tertiary/aromatic N) is 2. The molecule has 1 N–H and O–H groups in total. The molecule has 3 aromatic rings. The summed E-state index contributed by atoms with van der Waals surface area (Å²) in [4.78, 5) is 0. The van der Waals surface area contributed by atoms with Gasteiger partial charge in [-0.25, -0.2) is 0 Å². The first-order valence-corrected chi connectivity index (χ1v) is 7.63. The lowest BCUT2D eigenvalue weighted by Crippen LogP contribution is -2.03. The zero-order valence-electron chi connectivity index (χ0n) is 11.2. The van der Waals surface area contributed by atoms with Gasteiger partial charge < -0.3 is 0 Å². The molecule has 0 spiro atoms. The Morgan fingerprint density at radius 1 is 1.15 bits per heavy atom. The van der Waals surface area contributed by atoms with Gasteiger partial charge in [0.2, 0.25) is 0 Å². The smallest absolute Gasteiger partial charge is 0.199 e. The van der Waals surface area contributed by atoms with Gasteiger partial charge in [0.1, 0.15) is 5.82 Å². The molecule has 5 heteroatoms. The lowest BCUT2D eigenvalue weighted by Gasteiger charge is -2.10. The van der Waals surface area contributed by atoms with Crippen molar-refractivity contribution < 1.29 is 0 Å². The maximum Gasteiger partial charge on any atom is 0.199 e. The van der Waals surface area contributed by atoms with E-state index in [-0.39, 0.29) is 0 Å². The first-order valence-electron chi connectivity index (χ1n) is 6.43. The summed E-state index contributed by atoms with van der Waals surface area (Å²) in [6.07, 6.45) is 0. The molecule has 0 unspecified atom stereocenters. The first kappa shape index (κ1) is 13.5. The van der Waals surface area contributed by atoms with Crippen molar-refractivity contribution in [2.45, 2.75) is 19.8 Å². The number of rotatable bonds is 2. The van der Waals surface area contributed by atoms with Crippen LogP contribution in [0.25, 0.3) is 16.5 Å². The standard InChI is InChI=1S/C15H14BrN3S/c1-9(2)14-17-18-15(20)19(14)13-6-4-10-7-12(16)5-3-11(10)8-13/h3-9H,1-2H3,(H,18,20). The van der Waals surface area contributed by atoms with Gasteiger partial charge in [0, 0.05) is 10.4 Å². The van der Waals surface area contributed by atoms with Gasteiger partial charge in [-0.05, 0) is 47.3 Å². The number of aromatic amines is 1. The van der Waals surface area contributed by atoms with Crippen LogP contribution >= 0.6 is 28.1 Å². The molecule has 3 nitrogen and oxygen atoms in total. The van der Waals surface area contributed by atoms with Gasteiger partial charge in [-0.2, -0.15) is 5.10 Å². The molecule has 0 saturated heterocycles. The van der Waals surface area contributed by atoms with Crippen LogP contribution < -0.4 is 0 Å². The van der Waals surface area contributed by atoms with Crippen LogP contribution in [0.4, 0.5) is 0 Å². The molecular formula is C15H14BrN3S. The van der Waals surface area contributed by atoms with E-state index in [4.69, 9.17) is 12.2 Å². The van der Waals surface area contributed by atoms with E-state index in [9.17, 15) is 0 Å². The molecule has 0 atom stereocenters. The molecule has 0 radical (unpaired) electrons. The Hall–Kier alpha value is -1.46. The van der Waals surface area contributed by atoms with Crippen LogP contribution in [-0.4, -0.2) is 14.8 Å². The average molecular weight is 348 g/mol. The fraction of sp³-hybridized carbons (Fsp3) is 0.200. The third kappa shape index (κ3) is 2.31. The predicted molar refractivity (Wildman–Crippen MR) is 88.0 cm³/mol. The SMILES string of the molecule is CC(C)c1n[nH]c(=S)n1-c1ccc2cc(Br)ccc2c1. The van der Waals surface area contributed by atoms with Crippen LogP contribution in [0.1, 0.15) is 25.6 Å². The van der Waals surface area contributed by atoms with Crippen molar-refractivity contribution in [3.05, 3.63) is 51.5 Å². The summed E-state index contributed by atoms with van der Waals surface area (Å²) in [6.45, 7) is 4.22. The van der Waals surface area contributed by atoms with Gasteiger partial charge in [-0.15, -0.1) is 0 Å². The van der Waals surface area contributed by atoms with Crippen LogP contribution in [0.2, 0.25) is 0 Å². The highest BCUT2D eigenvalue weighted by Gasteiger charge is 2.12. The highest BCUT2D eigenvalue weighted by Crippen LogP contribution is 2.24. The van der Waals surface area contributed by atoms with Gasteiger partial charge in [-0.3, -0.25) is 9.67 Å². The summed E-state index contributed by atoms with van der Waals surface area (Å²) in [6, 6.07) is 12.6. The molecule has 0 aliphatic carbocycles. The van der Waals surface area contributed by atoms with Crippen molar-refractivity contribution in [1.82, 2.24) is 14.8 Å². The molecule has 0 bridgehead atoms. The summed E-state index contributed by atoms with van der Waals surface area (Å²) in [5, 5.41) is 9.59. The molecule has 0 saturated carbocycles. The largest absolute Gasteiger partial charge is 0.272 e. The van der Waals surface area contributed by atoms with Crippen molar-refractivity contribution in [2.24, 2.45) is 0 Å². The van der Waals surface area contributed by atoms with Crippen LogP contribution in [0, 0.1) is 4.77 Å². The number of nitrogens with one attached hydrogen (secondary N) is 1. The number of hydrogen-bond donors (Lipinski definition) is 1. The lowest BCUT2D eigenvalue weighted by atomic mass is 10.1. The van der Waals surface area contributed by atoms with Crippen LogP contribution in [0.15, 0.2) is 40.9 Å². The Morgan fingerprint density at radius 2 is 1.85 bits per heavy atom. The van der Waals surface area contributed by atoms with E-state index in [0.717, 1.165) is 16.0 Å². The van der Waals surface area contributed by atoms with E-state index < -0.39 is 0 Å². The second kappa shape index (κ2) is 5.14. The van der Waals surface area contributed by atoms with Crippen molar-refractivity contribution in [3.63, 3.8) is 0 Å². The molecule has 0 amide bonds. The Kier molecular flexibility index (Phi) is 3.48. The minimum absolute atomic E-state index is 0.309. The number of fused-ring (bicyclic) bond motifs is 1. The summed E-state index contributed by atoms with van der Waals surface area (Å²) < 4.78 is 3.72. The Morgan fingerprint density at radius 3 is 2.60 bits per heavy atom. The summed E-state index contributed by atoms with van der Waals surface area (Å²) in [7, 11) is 0. The second-order valence-electron chi connectivity index (χ2n) is 5.05. The average Bonchev–Trinajstić information content (AvgIpc) is 2.80. The van der Waals surface area contributed by atoms with Gasteiger partial charge in [0.15, 0.2) is 4.77 Å². The predicted octanol–water partition coefficient (Wildman–Crippen LogP) is 4.97. The maximum absolute atomic E-state index is 5.36. The number of H-pyrrole nitrogens is 1. The molecule has 0 aliphatic rings. The summed E-state index contributed by atoms with van der Waals surface area (Å²) >= 11 is 8.85. The molecule has 0 fully saturated rings. The molecule has 1 heterocycles. The quantitative estimate of drug-likeness (QED) is 0.664. The number of halogens is 1. The molecule has 2 aromatic carbocycles. The zero-order valence-corrected chi connectivity index (χ0v) is 13.6. The third-order valence-electron chi connectivity index (χ3n) is 3.26. The van der Waals surface area contributed by atoms with Gasteiger partial charge >= 0.3 is 0 Å². The fourth-order valence-corrected chi connectivity index (χ4v) is 2.91. The fourth-order valence-electron chi connectivity index (χ4n) is 2.29. The lowest BCUT2D eigenvalue weighted by molar-refractivity contribution is 0.744. The highest BCUT2D eigenvalue weighted by atomic mass is 79.9. The van der Waals surface area contributed by atoms with Crippen molar-refractivity contribution in [2.75, 3.05) is 0 Å². The maximum atomic E-state index is 5.36. The van der Waals surface area contributed by atoms with E-state index in [1.54, 1.807) is 0 Å². The number of aromatic nitrogens is 3. The van der Waals surface area contributed by atoms with Crippen LogP contribution in [0.3, 0.4) is 0 Å². The summed E-state index contributed by atoms with van der Waals surface area (Å²) in [5.74, 6) is 1.26. The minimum atomic E-state index is 0.309. The normalized spacial score (nSPS) is 11.4. The van der Waals surface area contributed by atoms with E-state index >= 15 is 0 Å². The Bertz CT molecular complexity index is 832. The topological polar surface area (TPSA) is 33.6 Å². The molecule has 0 aliphatic heterocycles. The Labute approximate surface area is 130 Å². The zero-order chi connectivity index (χ0) is 14.3. The second-order valence-corrected chi connectivity index (χ2v) is 6.36. The molecule has 102 valence electrons. The number of benzene rings is 2. The molecule has 20 heavy (non-hydrogen) atoms. The summed E-state index contributed by atoms with van der Waals surface area (Å²) in [5.41, 5.74) is 1.04. The Balaban J connectivity index is 2.23. The minimum Gasteiger partial charge on any atom is -0.272 e. The van der Waals surface area contributed by atoms with E-state index in [1.165, 1.54) is 10.8 Å². The molecule has 3 rings (SSSR count). The van der Waals surface area contributed by atoms with Crippen molar-refractivity contribution in [1.29, 1.82) is 0 Å². The van der Waals surface area contributed by atoms with E-state index in [0.29, 0.717) is 10.7 Å². The third-order valence-corrected chi connectivity index (χ3v) is 4.03. The number of hydrogen-bond acceptors (Lipinski definition) is 2. The first-order chi connectivity index (χ1) is 9.56. The van der Waals surface area contributed by atoms with Crippen LogP contribution in [0.5, 0.6) is 0 Å². The van der Waals surface area contributed by atoms with Gasteiger partial charge in [0.05, 0.1) is 5.69 Å². The highest BCUT2D eigenvalue weighted by molar-refractivity contribution is 9.10. The van der Waals surface area contributed by atoms with E-state index in [2.05, 4.69) is 70.3 Å². The van der Waals surface area contributed by atoms with Crippen LogP contribution in [-0.2, 0) is 0 Å². The van der Waals surface area contributed by atoms with Gasteiger partial charge in [-0.1, -0.05) is 41.9 Å². The van der Waals surface area contributed by atoms with E-state index in [1.807, 2.05) is 10.6 Å². The van der Waals surface area contributed by atoms with Crippen molar-refractivity contribution >= 4 is 38.9 Å². The monoisotopic (exact) mass is 347 g/mol. The molecule has 1 aromatic heterocycles. The van der Waals surface area contributed by atoms with Gasteiger partial charge in [0.25, 0.3) is 0 Å².